The predicted octanol–water partition coefficient (Wildman–Crippen LogP) is 3.36. The minimum absolute atomic E-state index is 0.113. The first-order valence-electron chi connectivity index (χ1n) is 8.49. The summed E-state index contributed by atoms with van der Waals surface area (Å²) in [6.07, 6.45) is 1.78. The molecule has 0 aliphatic heterocycles. The number of fused-ring (bicyclic) bond motifs is 1. The maximum absolute atomic E-state index is 12.7. The van der Waals surface area contributed by atoms with Gasteiger partial charge in [-0.2, -0.15) is 0 Å². The number of carbonyl (C=O) groups is 1. The van der Waals surface area contributed by atoms with Crippen molar-refractivity contribution in [2.45, 2.75) is 31.1 Å². The standard InChI is InChI=1S/C19H20ClN3O3S/c1-3-15(13-8-10-14(20)11-9-13)21-18(24)12-23-17-7-5-4-6-16(17)22-19(23)27(2,25)26/h4-11,15H,3,12H2,1-2H3,(H,21,24). The van der Waals surface area contributed by atoms with Gasteiger partial charge in [0.1, 0.15) is 6.54 Å². The van der Waals surface area contributed by atoms with E-state index in [0.717, 1.165) is 11.8 Å². The number of rotatable bonds is 6. The Labute approximate surface area is 163 Å². The molecule has 1 N–H and O–H groups in total. The Kier molecular flexibility index (Phi) is 5.53. The van der Waals surface area contributed by atoms with Gasteiger partial charge in [0.2, 0.25) is 20.9 Å². The number of nitrogens with one attached hydrogen (secondary N) is 1. The summed E-state index contributed by atoms with van der Waals surface area (Å²) in [6.45, 7) is 1.83. The SMILES string of the molecule is CCC(NC(=O)Cn1c(S(C)(=O)=O)nc2ccccc21)c1ccc(Cl)cc1. The Balaban J connectivity index is 1.88. The van der Waals surface area contributed by atoms with Crippen molar-refractivity contribution in [2.24, 2.45) is 0 Å². The molecule has 2 aromatic carbocycles. The van der Waals surface area contributed by atoms with Crippen LogP contribution in [-0.2, 0) is 21.2 Å². The normalized spacial score (nSPS) is 12.9. The third-order valence-corrected chi connectivity index (χ3v) is 5.50. The number of imidazole rings is 1. The van der Waals surface area contributed by atoms with Crippen LogP contribution in [0.15, 0.2) is 53.7 Å². The average Bonchev–Trinajstić information content (AvgIpc) is 2.99. The lowest BCUT2D eigenvalue weighted by atomic mass is 10.0. The summed E-state index contributed by atoms with van der Waals surface area (Å²) in [6, 6.07) is 14.1. The summed E-state index contributed by atoms with van der Waals surface area (Å²) in [5.74, 6) is -0.287. The Hall–Kier alpha value is -2.38. The first-order chi connectivity index (χ1) is 12.8. The number of hydrogen-bond acceptors (Lipinski definition) is 4. The second-order valence-corrected chi connectivity index (χ2v) is 8.67. The zero-order valence-corrected chi connectivity index (χ0v) is 16.6. The fraction of sp³-hybridized carbons (Fsp3) is 0.263. The molecular formula is C19H20ClN3O3S. The van der Waals surface area contributed by atoms with Gasteiger partial charge in [0.15, 0.2) is 0 Å². The maximum Gasteiger partial charge on any atom is 0.240 e. The smallest absolute Gasteiger partial charge is 0.240 e. The largest absolute Gasteiger partial charge is 0.348 e. The summed E-state index contributed by atoms with van der Waals surface area (Å²) in [5.41, 5.74) is 2.08. The molecule has 3 aromatic rings. The molecule has 0 aliphatic rings. The fourth-order valence-corrected chi connectivity index (χ4v) is 3.94. The van der Waals surface area contributed by atoms with Crippen molar-refractivity contribution in [1.29, 1.82) is 0 Å². The van der Waals surface area contributed by atoms with Crippen molar-refractivity contribution in [2.75, 3.05) is 6.26 Å². The fourth-order valence-electron chi connectivity index (χ4n) is 2.99. The Morgan fingerprint density at radius 2 is 1.85 bits per heavy atom. The molecule has 0 aliphatic carbocycles. The van der Waals surface area contributed by atoms with E-state index in [1.165, 1.54) is 4.57 Å². The molecule has 0 fully saturated rings. The molecule has 0 spiro atoms. The van der Waals surface area contributed by atoms with Crippen molar-refractivity contribution in [3.05, 3.63) is 59.1 Å². The number of sulfone groups is 1. The summed E-state index contributed by atoms with van der Waals surface area (Å²) in [4.78, 5) is 16.8. The van der Waals surface area contributed by atoms with Crippen LogP contribution in [0.25, 0.3) is 11.0 Å². The number of hydrogen-bond donors (Lipinski definition) is 1. The zero-order valence-electron chi connectivity index (χ0n) is 15.0. The van der Waals surface area contributed by atoms with Gasteiger partial charge in [-0.1, -0.05) is 42.8 Å². The van der Waals surface area contributed by atoms with E-state index in [1.54, 1.807) is 36.4 Å². The highest BCUT2D eigenvalue weighted by atomic mass is 35.5. The van der Waals surface area contributed by atoms with Crippen LogP contribution < -0.4 is 5.32 Å². The summed E-state index contributed by atoms with van der Waals surface area (Å²) < 4.78 is 25.7. The zero-order chi connectivity index (χ0) is 19.6. The highest BCUT2D eigenvalue weighted by Gasteiger charge is 2.22. The molecule has 0 saturated carbocycles. The van der Waals surface area contributed by atoms with E-state index in [2.05, 4.69) is 10.3 Å². The Morgan fingerprint density at radius 1 is 1.19 bits per heavy atom. The van der Waals surface area contributed by atoms with Crippen molar-refractivity contribution < 1.29 is 13.2 Å². The molecular weight excluding hydrogens is 386 g/mol. The van der Waals surface area contributed by atoms with E-state index in [-0.39, 0.29) is 23.7 Å². The molecule has 6 nitrogen and oxygen atoms in total. The van der Waals surface area contributed by atoms with Crippen LogP contribution in [0.3, 0.4) is 0 Å². The molecule has 1 unspecified atom stereocenters. The number of para-hydroxylation sites is 2. The Morgan fingerprint density at radius 3 is 2.48 bits per heavy atom. The van der Waals surface area contributed by atoms with Crippen LogP contribution in [0.5, 0.6) is 0 Å². The number of nitrogens with zero attached hydrogens (tertiary/aromatic N) is 2. The number of carbonyl (C=O) groups excluding carboxylic acids is 1. The lowest BCUT2D eigenvalue weighted by Crippen LogP contribution is -2.32. The molecule has 0 saturated heterocycles. The highest BCUT2D eigenvalue weighted by Crippen LogP contribution is 2.21. The van der Waals surface area contributed by atoms with Crippen LogP contribution in [0, 0.1) is 0 Å². The maximum atomic E-state index is 12.7. The van der Waals surface area contributed by atoms with Crippen molar-refractivity contribution in [3.63, 3.8) is 0 Å². The van der Waals surface area contributed by atoms with Crippen molar-refractivity contribution >= 4 is 38.4 Å². The number of benzene rings is 2. The Bertz CT molecular complexity index is 1080. The molecule has 0 bridgehead atoms. The van der Waals surface area contributed by atoms with Gasteiger partial charge in [-0.3, -0.25) is 4.79 Å². The molecule has 27 heavy (non-hydrogen) atoms. The predicted molar refractivity (Wildman–Crippen MR) is 105 cm³/mol. The molecule has 1 atom stereocenters. The monoisotopic (exact) mass is 405 g/mol. The highest BCUT2D eigenvalue weighted by molar-refractivity contribution is 7.90. The average molecular weight is 406 g/mol. The van der Waals surface area contributed by atoms with Crippen LogP contribution in [0.4, 0.5) is 0 Å². The van der Waals surface area contributed by atoms with E-state index >= 15 is 0 Å². The third kappa shape index (κ3) is 4.31. The van der Waals surface area contributed by atoms with Gasteiger partial charge < -0.3 is 9.88 Å². The van der Waals surface area contributed by atoms with Gasteiger partial charge in [0.05, 0.1) is 17.1 Å². The molecule has 142 valence electrons. The molecule has 0 radical (unpaired) electrons. The third-order valence-electron chi connectivity index (χ3n) is 4.27. The second kappa shape index (κ2) is 7.70. The van der Waals surface area contributed by atoms with E-state index in [1.807, 2.05) is 19.1 Å². The van der Waals surface area contributed by atoms with Gasteiger partial charge in [-0.25, -0.2) is 13.4 Å². The number of amides is 1. The number of aromatic nitrogens is 2. The summed E-state index contributed by atoms with van der Waals surface area (Å²) in [5, 5.41) is 3.47. The van der Waals surface area contributed by atoms with Crippen molar-refractivity contribution in [1.82, 2.24) is 14.9 Å². The molecule has 1 aromatic heterocycles. The first-order valence-corrected chi connectivity index (χ1v) is 10.8. The van der Waals surface area contributed by atoms with E-state index in [4.69, 9.17) is 11.6 Å². The summed E-state index contributed by atoms with van der Waals surface area (Å²) >= 11 is 5.92. The first kappa shape index (κ1) is 19.4. The lowest BCUT2D eigenvalue weighted by Gasteiger charge is -2.18. The van der Waals surface area contributed by atoms with E-state index in [9.17, 15) is 13.2 Å². The van der Waals surface area contributed by atoms with Gasteiger partial charge in [-0.15, -0.1) is 0 Å². The number of halogens is 1. The molecule has 1 heterocycles. The van der Waals surface area contributed by atoms with Gasteiger partial charge in [0.25, 0.3) is 0 Å². The van der Waals surface area contributed by atoms with Crippen LogP contribution in [0.2, 0.25) is 5.02 Å². The minimum atomic E-state index is -3.57. The van der Waals surface area contributed by atoms with E-state index in [0.29, 0.717) is 22.5 Å². The van der Waals surface area contributed by atoms with E-state index < -0.39 is 9.84 Å². The summed E-state index contributed by atoms with van der Waals surface area (Å²) in [7, 11) is -3.57. The van der Waals surface area contributed by atoms with Gasteiger partial charge >= 0.3 is 0 Å². The van der Waals surface area contributed by atoms with Crippen LogP contribution in [0.1, 0.15) is 24.9 Å². The molecule has 8 heteroatoms. The quantitative estimate of drug-likeness (QED) is 0.681. The minimum Gasteiger partial charge on any atom is -0.348 e. The van der Waals surface area contributed by atoms with Crippen LogP contribution in [-0.4, -0.2) is 30.1 Å². The molecule has 1 amide bonds. The van der Waals surface area contributed by atoms with Crippen molar-refractivity contribution in [3.8, 4) is 0 Å². The lowest BCUT2D eigenvalue weighted by molar-refractivity contribution is -0.122. The van der Waals surface area contributed by atoms with Crippen LogP contribution >= 0.6 is 11.6 Å². The van der Waals surface area contributed by atoms with Gasteiger partial charge in [0, 0.05) is 11.3 Å². The van der Waals surface area contributed by atoms with Gasteiger partial charge in [-0.05, 0) is 36.2 Å². The molecule has 3 rings (SSSR count). The second-order valence-electron chi connectivity index (χ2n) is 6.32. The topological polar surface area (TPSA) is 81.1 Å².